The number of nitro groups is 1. The lowest BCUT2D eigenvalue weighted by Crippen LogP contribution is -1.94. The molecule has 0 atom stereocenters. The van der Waals surface area contributed by atoms with E-state index >= 15 is 0 Å². The van der Waals surface area contributed by atoms with Gasteiger partial charge in [-0.2, -0.15) is 0 Å². The summed E-state index contributed by atoms with van der Waals surface area (Å²) in [5.41, 5.74) is 6.80. The zero-order chi connectivity index (χ0) is 14.7. The van der Waals surface area contributed by atoms with Crippen LogP contribution in [0.3, 0.4) is 0 Å². The van der Waals surface area contributed by atoms with Gasteiger partial charge in [0.05, 0.1) is 9.95 Å². The van der Waals surface area contributed by atoms with E-state index in [2.05, 4.69) is 0 Å². The highest BCUT2D eigenvalue weighted by Gasteiger charge is 2.14. The first-order valence-corrected chi connectivity index (χ1v) is 7.32. The first-order chi connectivity index (χ1) is 9.47. The first-order valence-electron chi connectivity index (χ1n) is 5.58. The Balaban J connectivity index is 2.22. The van der Waals surface area contributed by atoms with Gasteiger partial charge in [0.15, 0.2) is 0 Å². The fourth-order valence-corrected chi connectivity index (χ4v) is 3.09. The number of nitrogens with zero attached hydrogens (tertiary/aromatic N) is 1. The number of anilines is 1. The summed E-state index contributed by atoms with van der Waals surface area (Å²) in [6.45, 7) is 0. The number of nitrogen functional groups attached to an aromatic ring is 1. The van der Waals surface area contributed by atoms with E-state index in [1.54, 1.807) is 24.3 Å². The maximum absolute atomic E-state index is 11.0. The van der Waals surface area contributed by atoms with Crippen molar-refractivity contribution < 1.29 is 4.92 Å². The van der Waals surface area contributed by atoms with E-state index in [-0.39, 0.29) is 5.69 Å². The van der Waals surface area contributed by atoms with Crippen LogP contribution in [0.25, 0.3) is 0 Å². The van der Waals surface area contributed by atoms with Gasteiger partial charge in [0, 0.05) is 33.0 Å². The molecule has 0 aliphatic rings. The molecule has 2 aromatic carbocycles. The second-order valence-electron chi connectivity index (χ2n) is 4.01. The molecule has 0 spiro atoms. The zero-order valence-electron chi connectivity index (χ0n) is 10.2. The standard InChI is InChI=1S/C13H10Cl2N2O2S/c14-9-1-3-12(17(18)19)8(5-9)7-20-13-4-2-10(16)6-11(13)15/h1-6H,7,16H2. The SMILES string of the molecule is Nc1ccc(SCc2cc(Cl)ccc2[N+](=O)[O-])c(Cl)c1. The summed E-state index contributed by atoms with van der Waals surface area (Å²) in [6.07, 6.45) is 0. The molecule has 0 aliphatic carbocycles. The van der Waals surface area contributed by atoms with Gasteiger partial charge in [-0.25, -0.2) is 0 Å². The van der Waals surface area contributed by atoms with E-state index in [1.165, 1.54) is 23.9 Å². The third-order valence-electron chi connectivity index (χ3n) is 2.58. The Hall–Kier alpha value is -1.43. The summed E-state index contributed by atoms with van der Waals surface area (Å²) < 4.78 is 0. The number of hydrogen-bond donors (Lipinski definition) is 1. The fourth-order valence-electron chi connectivity index (χ4n) is 1.64. The Morgan fingerprint density at radius 3 is 2.60 bits per heavy atom. The summed E-state index contributed by atoms with van der Waals surface area (Å²) >= 11 is 13.3. The van der Waals surface area contributed by atoms with Crippen molar-refractivity contribution in [2.24, 2.45) is 0 Å². The Morgan fingerprint density at radius 2 is 1.95 bits per heavy atom. The quantitative estimate of drug-likeness (QED) is 0.379. The number of benzene rings is 2. The van der Waals surface area contributed by atoms with Crippen LogP contribution >= 0.6 is 35.0 Å². The molecule has 20 heavy (non-hydrogen) atoms. The van der Waals surface area contributed by atoms with Crippen LogP contribution in [0.5, 0.6) is 0 Å². The highest BCUT2D eigenvalue weighted by atomic mass is 35.5. The van der Waals surface area contributed by atoms with Gasteiger partial charge in [0.1, 0.15) is 0 Å². The molecule has 0 radical (unpaired) electrons. The number of nitro benzene ring substituents is 1. The van der Waals surface area contributed by atoms with Crippen LogP contribution in [0.1, 0.15) is 5.56 Å². The normalized spacial score (nSPS) is 10.5. The van der Waals surface area contributed by atoms with Gasteiger partial charge in [-0.3, -0.25) is 10.1 Å². The van der Waals surface area contributed by atoms with Crippen LogP contribution < -0.4 is 5.73 Å². The van der Waals surface area contributed by atoms with E-state index in [0.29, 0.717) is 27.0 Å². The number of hydrogen-bond acceptors (Lipinski definition) is 4. The Labute approximate surface area is 130 Å². The predicted octanol–water partition coefficient (Wildman–Crippen LogP) is 4.78. The molecule has 0 unspecified atom stereocenters. The molecule has 0 heterocycles. The molecule has 0 amide bonds. The van der Waals surface area contributed by atoms with Crippen molar-refractivity contribution >= 4 is 46.3 Å². The molecule has 4 nitrogen and oxygen atoms in total. The third kappa shape index (κ3) is 3.56. The molecular weight excluding hydrogens is 319 g/mol. The van der Waals surface area contributed by atoms with Crippen molar-refractivity contribution in [1.82, 2.24) is 0 Å². The first kappa shape index (κ1) is 15.0. The molecule has 0 fully saturated rings. The third-order valence-corrected chi connectivity index (χ3v) is 4.36. The maximum Gasteiger partial charge on any atom is 0.273 e. The Morgan fingerprint density at radius 1 is 1.20 bits per heavy atom. The monoisotopic (exact) mass is 328 g/mol. The molecule has 2 aromatic rings. The topological polar surface area (TPSA) is 69.2 Å². The van der Waals surface area contributed by atoms with E-state index in [4.69, 9.17) is 28.9 Å². The fraction of sp³-hybridized carbons (Fsp3) is 0.0769. The van der Waals surface area contributed by atoms with Crippen LogP contribution in [0.2, 0.25) is 10.0 Å². The lowest BCUT2D eigenvalue weighted by molar-refractivity contribution is -0.385. The molecule has 7 heteroatoms. The number of rotatable bonds is 4. The number of halogens is 2. The molecule has 0 saturated heterocycles. The van der Waals surface area contributed by atoms with Crippen LogP contribution in [-0.2, 0) is 5.75 Å². The minimum Gasteiger partial charge on any atom is -0.399 e. The van der Waals surface area contributed by atoms with Gasteiger partial charge in [-0.15, -0.1) is 11.8 Å². The molecule has 0 bridgehead atoms. The maximum atomic E-state index is 11.0. The molecule has 2 rings (SSSR count). The summed E-state index contributed by atoms with van der Waals surface area (Å²) in [5, 5.41) is 12.0. The molecule has 2 N–H and O–H groups in total. The second kappa shape index (κ2) is 6.35. The van der Waals surface area contributed by atoms with Gasteiger partial charge in [-0.05, 0) is 30.3 Å². The average Bonchev–Trinajstić information content (AvgIpc) is 2.37. The van der Waals surface area contributed by atoms with Crippen molar-refractivity contribution in [3.05, 3.63) is 62.1 Å². The lowest BCUT2D eigenvalue weighted by atomic mass is 10.2. The highest BCUT2D eigenvalue weighted by Crippen LogP contribution is 2.34. The zero-order valence-corrected chi connectivity index (χ0v) is 12.5. The lowest BCUT2D eigenvalue weighted by Gasteiger charge is -2.06. The number of thioether (sulfide) groups is 1. The van der Waals surface area contributed by atoms with E-state index in [0.717, 1.165) is 4.90 Å². The van der Waals surface area contributed by atoms with Gasteiger partial charge in [-0.1, -0.05) is 23.2 Å². The van der Waals surface area contributed by atoms with Crippen molar-refractivity contribution in [2.45, 2.75) is 10.6 Å². The highest BCUT2D eigenvalue weighted by molar-refractivity contribution is 7.98. The van der Waals surface area contributed by atoms with Crippen LogP contribution in [0, 0.1) is 10.1 Å². The van der Waals surface area contributed by atoms with E-state index in [9.17, 15) is 10.1 Å². The van der Waals surface area contributed by atoms with E-state index in [1.807, 2.05) is 0 Å². The van der Waals surface area contributed by atoms with Gasteiger partial charge in [0.2, 0.25) is 0 Å². The summed E-state index contributed by atoms with van der Waals surface area (Å²) in [4.78, 5) is 11.4. The molecule has 0 aliphatic heterocycles. The molecule has 0 saturated carbocycles. The van der Waals surface area contributed by atoms with Gasteiger partial charge < -0.3 is 5.73 Å². The van der Waals surface area contributed by atoms with Crippen LogP contribution in [-0.4, -0.2) is 4.92 Å². The molecule has 104 valence electrons. The largest absolute Gasteiger partial charge is 0.399 e. The van der Waals surface area contributed by atoms with Crippen LogP contribution in [0.4, 0.5) is 11.4 Å². The second-order valence-corrected chi connectivity index (χ2v) is 5.87. The summed E-state index contributed by atoms with van der Waals surface area (Å²) in [7, 11) is 0. The molecular formula is C13H10Cl2N2O2S. The Bertz CT molecular complexity index is 665. The Kier molecular flexibility index (Phi) is 4.75. The minimum absolute atomic E-state index is 0.0495. The van der Waals surface area contributed by atoms with E-state index < -0.39 is 4.92 Å². The smallest absolute Gasteiger partial charge is 0.273 e. The minimum atomic E-state index is -0.420. The van der Waals surface area contributed by atoms with Gasteiger partial charge in [0.25, 0.3) is 5.69 Å². The summed E-state index contributed by atoms with van der Waals surface area (Å²) in [6, 6.07) is 9.68. The van der Waals surface area contributed by atoms with Crippen molar-refractivity contribution in [3.63, 3.8) is 0 Å². The van der Waals surface area contributed by atoms with Crippen molar-refractivity contribution in [1.29, 1.82) is 0 Å². The van der Waals surface area contributed by atoms with Crippen molar-refractivity contribution in [3.8, 4) is 0 Å². The predicted molar refractivity (Wildman–Crippen MR) is 83.5 cm³/mol. The van der Waals surface area contributed by atoms with Gasteiger partial charge >= 0.3 is 0 Å². The van der Waals surface area contributed by atoms with Crippen molar-refractivity contribution in [2.75, 3.05) is 5.73 Å². The number of nitrogens with two attached hydrogens (primary N) is 1. The average molecular weight is 329 g/mol. The summed E-state index contributed by atoms with van der Waals surface area (Å²) in [5.74, 6) is 0.403. The molecule has 0 aromatic heterocycles. The van der Waals surface area contributed by atoms with Crippen LogP contribution in [0.15, 0.2) is 41.3 Å².